The predicted octanol–water partition coefficient (Wildman–Crippen LogP) is 3.22. The molecule has 0 bridgehead atoms. The van der Waals surface area contributed by atoms with E-state index >= 15 is 0 Å². The number of halogens is 2. The van der Waals surface area contributed by atoms with E-state index in [1.54, 1.807) is 12.1 Å². The highest BCUT2D eigenvalue weighted by molar-refractivity contribution is 5.28. The molecule has 0 aliphatic carbocycles. The average molecular weight is 285 g/mol. The van der Waals surface area contributed by atoms with Crippen LogP contribution in [0.25, 0.3) is 0 Å². The number of ether oxygens (including phenoxy) is 1. The van der Waals surface area contributed by atoms with E-state index in [2.05, 4.69) is 16.2 Å². The Balaban J connectivity index is 2.62. The Morgan fingerprint density at radius 2 is 1.95 bits per heavy atom. The van der Waals surface area contributed by atoms with Gasteiger partial charge >= 0.3 is 6.61 Å². The summed E-state index contributed by atoms with van der Waals surface area (Å²) in [5, 5.41) is 10.1. The van der Waals surface area contributed by atoms with E-state index in [0.29, 0.717) is 12.1 Å². The molecule has 0 fully saturated rings. The first-order valence-electron chi connectivity index (χ1n) is 6.52. The molecular formula is C15H21F2NO2. The molecule has 20 heavy (non-hydrogen) atoms. The fourth-order valence-corrected chi connectivity index (χ4v) is 1.91. The highest BCUT2D eigenvalue weighted by atomic mass is 19.3. The number of benzene rings is 1. The summed E-state index contributed by atoms with van der Waals surface area (Å²) < 4.78 is 28.3. The van der Waals surface area contributed by atoms with Gasteiger partial charge in [-0.05, 0) is 31.2 Å². The van der Waals surface area contributed by atoms with Crippen molar-refractivity contribution in [1.82, 2.24) is 4.90 Å². The first kappa shape index (κ1) is 16.6. The molecule has 5 heteroatoms. The second-order valence-corrected chi connectivity index (χ2v) is 4.75. The summed E-state index contributed by atoms with van der Waals surface area (Å²) in [6.45, 7) is 6.96. The normalized spacial score (nSPS) is 12.8. The van der Waals surface area contributed by atoms with Crippen LogP contribution in [0.3, 0.4) is 0 Å². The number of aliphatic hydroxyl groups is 1. The fourth-order valence-electron chi connectivity index (χ4n) is 1.91. The average Bonchev–Trinajstić information content (AvgIpc) is 2.37. The van der Waals surface area contributed by atoms with Gasteiger partial charge in [0.1, 0.15) is 5.75 Å². The van der Waals surface area contributed by atoms with Crippen LogP contribution in [0, 0.1) is 0 Å². The highest BCUT2D eigenvalue weighted by Crippen LogP contribution is 2.20. The summed E-state index contributed by atoms with van der Waals surface area (Å²) in [6.07, 6.45) is -0.671. The molecule has 0 aliphatic rings. The van der Waals surface area contributed by atoms with Crippen LogP contribution >= 0.6 is 0 Å². The Morgan fingerprint density at radius 3 is 2.40 bits per heavy atom. The van der Waals surface area contributed by atoms with Crippen molar-refractivity contribution in [3.05, 3.63) is 42.0 Å². The molecule has 1 aromatic rings. The molecule has 0 spiro atoms. The number of hydrogen-bond donors (Lipinski definition) is 1. The Hall–Kier alpha value is -1.46. The molecule has 1 N–H and O–H groups in total. The van der Waals surface area contributed by atoms with Crippen LogP contribution in [0.4, 0.5) is 8.78 Å². The Labute approximate surface area is 118 Å². The molecule has 112 valence electrons. The number of hydrogen-bond acceptors (Lipinski definition) is 3. The smallest absolute Gasteiger partial charge is 0.387 e. The molecule has 1 unspecified atom stereocenters. The molecule has 0 heterocycles. The summed E-state index contributed by atoms with van der Waals surface area (Å²) in [4.78, 5) is 2.07. The van der Waals surface area contributed by atoms with Gasteiger partial charge in [0.15, 0.2) is 0 Å². The molecular weight excluding hydrogens is 264 g/mol. The van der Waals surface area contributed by atoms with Crippen molar-refractivity contribution in [1.29, 1.82) is 0 Å². The molecule has 0 saturated carbocycles. The molecule has 3 nitrogen and oxygen atoms in total. The van der Waals surface area contributed by atoms with Crippen LogP contribution in [-0.2, 0) is 0 Å². The molecule has 1 rings (SSSR count). The lowest BCUT2D eigenvalue weighted by Gasteiger charge is -2.24. The molecule has 0 amide bonds. The fraction of sp³-hybridized carbons (Fsp3) is 0.467. The van der Waals surface area contributed by atoms with Gasteiger partial charge < -0.3 is 9.84 Å². The van der Waals surface area contributed by atoms with Crippen LogP contribution in [0.5, 0.6) is 5.75 Å². The van der Waals surface area contributed by atoms with Gasteiger partial charge in [0.05, 0.1) is 6.10 Å². The van der Waals surface area contributed by atoms with Gasteiger partial charge in [-0.1, -0.05) is 31.2 Å². The van der Waals surface area contributed by atoms with Gasteiger partial charge in [-0.15, -0.1) is 0 Å². The zero-order valence-corrected chi connectivity index (χ0v) is 11.9. The first-order chi connectivity index (χ1) is 9.42. The van der Waals surface area contributed by atoms with E-state index in [4.69, 9.17) is 0 Å². The second kappa shape index (κ2) is 7.97. The Bertz CT molecular complexity index is 420. The van der Waals surface area contributed by atoms with Gasteiger partial charge in [0.2, 0.25) is 0 Å². The van der Waals surface area contributed by atoms with Gasteiger partial charge in [0, 0.05) is 13.1 Å². The standard InChI is InChI=1S/C15H21F2NO2/c1-4-18(9-11(2)3)10-14(19)12-5-7-13(8-6-12)20-15(16)17/h5-8,14-15,19H,2,4,9-10H2,1,3H3. The minimum atomic E-state index is -2.84. The zero-order valence-electron chi connectivity index (χ0n) is 11.9. The van der Waals surface area contributed by atoms with Crippen LogP contribution < -0.4 is 4.74 Å². The molecule has 0 radical (unpaired) electrons. The maximum absolute atomic E-state index is 12.0. The number of alkyl halides is 2. The Kier molecular flexibility index (Phi) is 6.61. The maximum atomic E-state index is 12.0. The highest BCUT2D eigenvalue weighted by Gasteiger charge is 2.13. The van der Waals surface area contributed by atoms with Gasteiger partial charge in [-0.2, -0.15) is 8.78 Å². The van der Waals surface area contributed by atoms with Gasteiger partial charge in [-0.25, -0.2) is 0 Å². The van der Waals surface area contributed by atoms with E-state index in [9.17, 15) is 13.9 Å². The van der Waals surface area contributed by atoms with E-state index in [0.717, 1.165) is 18.7 Å². The van der Waals surface area contributed by atoms with E-state index in [1.807, 2.05) is 13.8 Å². The lowest BCUT2D eigenvalue weighted by atomic mass is 10.1. The third-order valence-corrected chi connectivity index (χ3v) is 2.86. The van der Waals surface area contributed by atoms with Crippen molar-refractivity contribution in [3.63, 3.8) is 0 Å². The topological polar surface area (TPSA) is 32.7 Å². The van der Waals surface area contributed by atoms with Gasteiger partial charge in [0.25, 0.3) is 0 Å². The lowest BCUT2D eigenvalue weighted by Crippen LogP contribution is -2.29. The third-order valence-electron chi connectivity index (χ3n) is 2.86. The summed E-state index contributed by atoms with van der Waals surface area (Å²) in [6, 6.07) is 6.05. The van der Waals surface area contributed by atoms with Crippen LogP contribution in [0.1, 0.15) is 25.5 Å². The molecule has 0 aromatic heterocycles. The van der Waals surface area contributed by atoms with E-state index < -0.39 is 12.7 Å². The summed E-state index contributed by atoms with van der Waals surface area (Å²) in [5.74, 6) is 0.0882. The molecule has 0 aliphatic heterocycles. The van der Waals surface area contributed by atoms with Crippen LogP contribution in [0.15, 0.2) is 36.4 Å². The predicted molar refractivity (Wildman–Crippen MR) is 75.0 cm³/mol. The Morgan fingerprint density at radius 1 is 1.35 bits per heavy atom. The van der Waals surface area contributed by atoms with E-state index in [-0.39, 0.29) is 5.75 Å². The lowest BCUT2D eigenvalue weighted by molar-refractivity contribution is -0.0498. The van der Waals surface area contributed by atoms with Crippen molar-refractivity contribution in [2.45, 2.75) is 26.6 Å². The van der Waals surface area contributed by atoms with Crippen molar-refractivity contribution in [2.75, 3.05) is 19.6 Å². The van der Waals surface area contributed by atoms with E-state index in [1.165, 1.54) is 12.1 Å². The van der Waals surface area contributed by atoms with Crippen molar-refractivity contribution < 1.29 is 18.6 Å². The van der Waals surface area contributed by atoms with Crippen molar-refractivity contribution in [3.8, 4) is 5.75 Å². The summed E-state index contributed by atoms with van der Waals surface area (Å²) in [5.41, 5.74) is 1.70. The number of likely N-dealkylation sites (N-methyl/N-ethyl adjacent to an activating group) is 1. The zero-order chi connectivity index (χ0) is 15.1. The molecule has 1 atom stereocenters. The summed E-state index contributed by atoms with van der Waals surface area (Å²) in [7, 11) is 0. The monoisotopic (exact) mass is 285 g/mol. The second-order valence-electron chi connectivity index (χ2n) is 4.75. The molecule has 0 saturated heterocycles. The number of nitrogens with zero attached hydrogens (tertiary/aromatic N) is 1. The first-order valence-corrected chi connectivity index (χ1v) is 6.52. The van der Waals surface area contributed by atoms with Crippen LogP contribution in [-0.4, -0.2) is 36.3 Å². The minimum absolute atomic E-state index is 0.0882. The van der Waals surface area contributed by atoms with Crippen molar-refractivity contribution >= 4 is 0 Å². The van der Waals surface area contributed by atoms with Crippen molar-refractivity contribution in [2.24, 2.45) is 0 Å². The number of aliphatic hydroxyl groups excluding tert-OH is 1. The molecule has 1 aromatic carbocycles. The van der Waals surface area contributed by atoms with Gasteiger partial charge in [-0.3, -0.25) is 4.90 Å². The quantitative estimate of drug-likeness (QED) is 0.744. The maximum Gasteiger partial charge on any atom is 0.387 e. The largest absolute Gasteiger partial charge is 0.435 e. The SMILES string of the molecule is C=C(C)CN(CC)CC(O)c1ccc(OC(F)F)cc1. The van der Waals surface area contributed by atoms with Crippen LogP contribution in [0.2, 0.25) is 0 Å². The summed E-state index contributed by atoms with van der Waals surface area (Å²) >= 11 is 0. The minimum Gasteiger partial charge on any atom is -0.435 e. The third kappa shape index (κ3) is 5.67. The number of rotatable bonds is 8.